The third-order valence-corrected chi connectivity index (χ3v) is 6.02. The fourth-order valence-electron chi connectivity index (χ4n) is 1.94. The van der Waals surface area contributed by atoms with E-state index in [9.17, 15) is 8.78 Å². The molecule has 0 aromatic heterocycles. The van der Waals surface area contributed by atoms with Crippen LogP contribution in [0.1, 0.15) is 58.8 Å². The molecule has 0 aliphatic carbocycles. The van der Waals surface area contributed by atoms with Crippen LogP contribution in [0.3, 0.4) is 0 Å². The largest absolute Gasteiger partial charge is 0.504 e. The summed E-state index contributed by atoms with van der Waals surface area (Å²) in [6.07, 6.45) is 1.76. The average molecular weight is 298 g/mol. The normalized spacial score (nSPS) is 12.9. The first-order valence-corrected chi connectivity index (χ1v) is 9.06. The zero-order valence-corrected chi connectivity index (χ0v) is 13.6. The third-order valence-electron chi connectivity index (χ3n) is 3.05. The van der Waals surface area contributed by atoms with E-state index >= 15 is 0 Å². The maximum absolute atomic E-state index is 13.8. The molecule has 6 heteroatoms. The van der Waals surface area contributed by atoms with Gasteiger partial charge in [-0.3, -0.25) is 0 Å². The van der Waals surface area contributed by atoms with Crippen molar-refractivity contribution in [2.75, 3.05) is 14.2 Å². The van der Waals surface area contributed by atoms with Gasteiger partial charge in [0, 0.05) is 26.7 Å². The van der Waals surface area contributed by atoms with Crippen molar-refractivity contribution in [2.24, 2.45) is 0 Å². The number of hydrogen-bond acceptors (Lipinski definition) is 3. The molecule has 0 bridgehead atoms. The molecule has 0 aromatic rings. The fourth-order valence-corrected chi connectivity index (χ4v) is 3.95. The molecule has 116 valence electrons. The Morgan fingerprint density at radius 1 is 0.895 bits per heavy atom. The summed E-state index contributed by atoms with van der Waals surface area (Å²) in [5, 5.41) is 0. The van der Waals surface area contributed by atoms with Gasteiger partial charge in [0.05, 0.1) is 0 Å². The van der Waals surface area contributed by atoms with Crippen molar-refractivity contribution in [2.45, 2.75) is 70.9 Å². The summed E-state index contributed by atoms with van der Waals surface area (Å²) < 4.78 is 42.7. The monoisotopic (exact) mass is 298 g/mol. The molecule has 0 unspecified atom stereocenters. The zero-order chi connectivity index (χ0) is 14.8. The van der Waals surface area contributed by atoms with Crippen molar-refractivity contribution in [3.63, 3.8) is 0 Å². The lowest BCUT2D eigenvalue weighted by Gasteiger charge is -2.30. The minimum absolute atomic E-state index is 0.262. The molecule has 0 heterocycles. The minimum atomic E-state index is -3.20. The highest BCUT2D eigenvalue weighted by Crippen LogP contribution is 2.30. The quantitative estimate of drug-likeness (QED) is 0.389. The van der Waals surface area contributed by atoms with Gasteiger partial charge in [-0.2, -0.15) is 8.78 Å². The van der Waals surface area contributed by atoms with Crippen LogP contribution in [0, 0.1) is 0 Å². The van der Waals surface area contributed by atoms with Gasteiger partial charge in [-0.05, 0) is 6.42 Å². The second kappa shape index (κ2) is 9.80. The molecule has 0 aromatic carbocycles. The number of halogens is 2. The van der Waals surface area contributed by atoms with E-state index in [-0.39, 0.29) is 6.42 Å². The fraction of sp³-hybridized carbons (Fsp3) is 1.00. The molecule has 0 saturated carbocycles. The van der Waals surface area contributed by atoms with E-state index in [0.717, 1.165) is 25.7 Å². The van der Waals surface area contributed by atoms with Gasteiger partial charge in [0.15, 0.2) is 0 Å². The van der Waals surface area contributed by atoms with E-state index in [1.807, 2.05) is 6.92 Å². The summed E-state index contributed by atoms with van der Waals surface area (Å²) in [7, 11) is -0.449. The highest BCUT2D eigenvalue weighted by Gasteiger charge is 2.47. The van der Waals surface area contributed by atoms with Crippen LogP contribution in [-0.2, 0) is 13.3 Å². The van der Waals surface area contributed by atoms with E-state index < -0.39 is 14.9 Å². The van der Waals surface area contributed by atoms with Crippen LogP contribution in [0.5, 0.6) is 0 Å². The molecule has 0 rings (SSSR count). The Kier molecular flexibility index (Phi) is 9.77. The molecule has 0 radical (unpaired) electrons. The van der Waals surface area contributed by atoms with E-state index in [4.69, 9.17) is 13.3 Å². The van der Waals surface area contributed by atoms with E-state index in [2.05, 4.69) is 6.92 Å². The summed E-state index contributed by atoms with van der Waals surface area (Å²) in [5.41, 5.74) is 0. The van der Waals surface area contributed by atoms with Crippen LogP contribution in [0.2, 0.25) is 6.04 Å². The lowest BCUT2D eigenvalue weighted by Crippen LogP contribution is -2.48. The summed E-state index contributed by atoms with van der Waals surface area (Å²) >= 11 is 0. The van der Waals surface area contributed by atoms with Gasteiger partial charge in [-0.1, -0.05) is 46.0 Å². The van der Waals surface area contributed by atoms with Crippen molar-refractivity contribution < 1.29 is 22.1 Å². The molecule has 0 saturated heterocycles. The molecule has 0 aliphatic rings. The van der Waals surface area contributed by atoms with Crippen molar-refractivity contribution in [3.8, 4) is 0 Å². The third kappa shape index (κ3) is 7.97. The Labute approximate surface area is 117 Å². The molecule has 0 atom stereocenters. The van der Waals surface area contributed by atoms with Crippen molar-refractivity contribution in [1.29, 1.82) is 0 Å². The van der Waals surface area contributed by atoms with Gasteiger partial charge in [0.1, 0.15) is 0 Å². The lowest BCUT2D eigenvalue weighted by molar-refractivity contribution is -0.211. The van der Waals surface area contributed by atoms with E-state index in [1.54, 1.807) is 0 Å². The molecule has 3 nitrogen and oxygen atoms in total. The van der Waals surface area contributed by atoms with E-state index in [1.165, 1.54) is 14.2 Å². The Morgan fingerprint density at radius 3 is 1.95 bits per heavy atom. The molecule has 0 fully saturated rings. The summed E-state index contributed by atoms with van der Waals surface area (Å²) in [6.45, 7) is 3.99. The van der Waals surface area contributed by atoms with Gasteiger partial charge in [0.25, 0.3) is 0 Å². The van der Waals surface area contributed by atoms with Crippen LogP contribution in [-0.4, -0.2) is 29.1 Å². The van der Waals surface area contributed by atoms with Gasteiger partial charge in [-0.25, -0.2) is 0 Å². The van der Waals surface area contributed by atoms with Crippen LogP contribution in [0.4, 0.5) is 8.78 Å². The first kappa shape index (κ1) is 19.0. The first-order valence-electron chi connectivity index (χ1n) is 7.13. The molecule has 19 heavy (non-hydrogen) atoms. The molecule has 0 aliphatic heterocycles. The second-order valence-corrected chi connectivity index (χ2v) is 7.63. The number of alkyl halides is 2. The Balaban J connectivity index is 4.22. The summed E-state index contributed by atoms with van der Waals surface area (Å²) in [6, 6.07) is 0.408. The molecule has 0 amide bonds. The summed E-state index contributed by atoms with van der Waals surface area (Å²) in [4.78, 5) is 0. The van der Waals surface area contributed by atoms with Gasteiger partial charge >= 0.3 is 14.9 Å². The molecular formula is C13H28F2O3Si. The Hall–Kier alpha value is -0.0431. The maximum Gasteiger partial charge on any atom is 0.504 e. The van der Waals surface area contributed by atoms with Crippen molar-refractivity contribution >= 4 is 8.80 Å². The second-order valence-electron chi connectivity index (χ2n) is 4.74. The Morgan fingerprint density at radius 2 is 1.47 bits per heavy atom. The topological polar surface area (TPSA) is 27.7 Å². The predicted molar refractivity (Wildman–Crippen MR) is 74.3 cm³/mol. The molecular weight excluding hydrogens is 270 g/mol. The van der Waals surface area contributed by atoms with Gasteiger partial charge in [0.2, 0.25) is 0 Å². The smallest absolute Gasteiger partial charge is 0.377 e. The molecule has 0 N–H and O–H groups in total. The predicted octanol–water partition coefficient (Wildman–Crippen LogP) is 4.60. The maximum atomic E-state index is 13.8. The van der Waals surface area contributed by atoms with Crippen molar-refractivity contribution in [1.82, 2.24) is 0 Å². The minimum Gasteiger partial charge on any atom is -0.377 e. The zero-order valence-electron chi connectivity index (χ0n) is 12.6. The van der Waals surface area contributed by atoms with Crippen molar-refractivity contribution in [3.05, 3.63) is 0 Å². The van der Waals surface area contributed by atoms with Crippen LogP contribution < -0.4 is 0 Å². The van der Waals surface area contributed by atoms with Gasteiger partial charge in [-0.15, -0.1) is 0 Å². The summed E-state index contributed by atoms with van der Waals surface area (Å²) in [5.74, 6) is 0. The molecule has 0 spiro atoms. The first-order chi connectivity index (χ1) is 8.95. The van der Waals surface area contributed by atoms with Crippen LogP contribution in [0.15, 0.2) is 0 Å². The standard InChI is InChI=1S/C13H28F2O3Si/c1-5-7-8-9-10-11-13(14,15)18-19(16-3,17-4)12-6-2/h5-12H2,1-4H3. The van der Waals surface area contributed by atoms with Crippen LogP contribution in [0.25, 0.3) is 0 Å². The average Bonchev–Trinajstić information content (AvgIpc) is 2.37. The highest BCUT2D eigenvalue weighted by molar-refractivity contribution is 6.60. The Bertz CT molecular complexity index is 224. The SMILES string of the molecule is CCCCCCCC(F)(F)O[Si](CCC)(OC)OC. The van der Waals surface area contributed by atoms with E-state index in [0.29, 0.717) is 18.9 Å². The highest BCUT2D eigenvalue weighted by atomic mass is 28.4. The van der Waals surface area contributed by atoms with Gasteiger partial charge < -0.3 is 13.3 Å². The number of unbranched alkanes of at least 4 members (excludes halogenated alkanes) is 4. The van der Waals surface area contributed by atoms with Crippen LogP contribution >= 0.6 is 0 Å². The number of hydrogen-bond donors (Lipinski definition) is 0. The lowest BCUT2D eigenvalue weighted by atomic mass is 10.1. The number of rotatable bonds is 12.